The second-order valence-corrected chi connectivity index (χ2v) is 9.42. The Morgan fingerprint density at radius 2 is 1.90 bits per heavy atom. The molecular weight excluding hydrogens is 488 g/mol. The van der Waals surface area contributed by atoms with Gasteiger partial charge in [-0.15, -0.1) is 0 Å². The Balaban J connectivity index is 1.73. The molecule has 0 atom stereocenters. The first-order chi connectivity index (χ1) is 14.4. The molecule has 0 aromatic heterocycles. The molecule has 1 aromatic carbocycles. The van der Waals surface area contributed by atoms with Gasteiger partial charge in [0, 0.05) is 29.5 Å². The molecule has 2 aliphatic rings. The van der Waals surface area contributed by atoms with Gasteiger partial charge in [0.15, 0.2) is 0 Å². The van der Waals surface area contributed by atoms with E-state index in [2.05, 4.69) is 15.9 Å². The van der Waals surface area contributed by atoms with Crippen molar-refractivity contribution >= 4 is 73.3 Å². The first-order valence-corrected chi connectivity index (χ1v) is 12.0. The lowest BCUT2D eigenvalue weighted by Gasteiger charge is -2.14. The van der Waals surface area contributed by atoms with Crippen molar-refractivity contribution in [3.8, 4) is 0 Å². The Morgan fingerprint density at radius 1 is 1.13 bits per heavy atom. The zero-order valence-electron chi connectivity index (χ0n) is 16.9. The van der Waals surface area contributed by atoms with Gasteiger partial charge in [-0.05, 0) is 44.9 Å². The number of nitrogens with zero attached hydrogens (tertiary/aromatic N) is 2. The van der Waals surface area contributed by atoms with E-state index in [-0.39, 0.29) is 17.8 Å². The number of unbranched alkanes of at least 4 members (excludes halogenated alkanes) is 2. The van der Waals surface area contributed by atoms with Gasteiger partial charge in [0.2, 0.25) is 0 Å². The summed E-state index contributed by atoms with van der Waals surface area (Å²) < 4.78 is 6.23. The number of likely N-dealkylation sites (N-methyl/N-ethyl adjacent to an activating group) is 1. The number of thioether (sulfide) groups is 1. The molecular formula is C21H23BrN2O4S2. The number of amides is 2. The highest BCUT2D eigenvalue weighted by Gasteiger charge is 2.41. The predicted molar refractivity (Wildman–Crippen MR) is 126 cm³/mol. The van der Waals surface area contributed by atoms with Gasteiger partial charge in [-0.2, -0.15) is 0 Å². The van der Waals surface area contributed by atoms with Crippen LogP contribution in [0.1, 0.15) is 45.1 Å². The number of anilines is 1. The van der Waals surface area contributed by atoms with Crippen molar-refractivity contribution in [2.24, 2.45) is 0 Å². The lowest BCUT2D eigenvalue weighted by atomic mass is 10.1. The molecule has 0 aliphatic carbocycles. The number of carbonyl (C=O) groups is 3. The summed E-state index contributed by atoms with van der Waals surface area (Å²) in [5.74, 6) is -0.582. The third kappa shape index (κ3) is 4.63. The van der Waals surface area contributed by atoms with Crippen LogP contribution >= 0.6 is 39.9 Å². The molecule has 0 unspecified atom stereocenters. The number of thiocarbonyl (C=S) groups is 1. The van der Waals surface area contributed by atoms with Gasteiger partial charge in [-0.1, -0.05) is 46.3 Å². The molecule has 9 heteroatoms. The zero-order valence-corrected chi connectivity index (χ0v) is 20.1. The molecule has 1 fully saturated rings. The van der Waals surface area contributed by atoms with Crippen LogP contribution in [0.15, 0.2) is 27.6 Å². The molecule has 2 amide bonds. The van der Waals surface area contributed by atoms with Gasteiger partial charge in [-0.25, -0.2) is 0 Å². The van der Waals surface area contributed by atoms with Gasteiger partial charge in [0.1, 0.15) is 4.32 Å². The van der Waals surface area contributed by atoms with E-state index < -0.39 is 0 Å². The largest absolute Gasteiger partial charge is 0.466 e. The van der Waals surface area contributed by atoms with Gasteiger partial charge < -0.3 is 9.64 Å². The molecule has 3 rings (SSSR count). The molecule has 0 spiro atoms. The monoisotopic (exact) mass is 510 g/mol. The third-order valence-corrected chi connectivity index (χ3v) is 6.88. The van der Waals surface area contributed by atoms with E-state index in [4.69, 9.17) is 17.0 Å². The SMILES string of the molecule is CCOC(=O)CCCCCN1C(=O)/C(=C2/C(=O)N(CC)c3ccc(Br)cc32)SC1=S. The maximum absolute atomic E-state index is 13.1. The average molecular weight is 511 g/mol. The highest BCUT2D eigenvalue weighted by molar-refractivity contribution is 9.10. The number of rotatable bonds is 8. The minimum atomic E-state index is -0.220. The lowest BCUT2D eigenvalue weighted by Crippen LogP contribution is -2.30. The number of halogens is 1. The van der Waals surface area contributed by atoms with Crippen molar-refractivity contribution in [1.29, 1.82) is 0 Å². The summed E-state index contributed by atoms with van der Waals surface area (Å²) in [6.45, 7) is 5.08. The van der Waals surface area contributed by atoms with E-state index in [1.165, 1.54) is 11.8 Å². The number of benzene rings is 1. The fraction of sp³-hybridized carbons (Fsp3) is 0.429. The predicted octanol–water partition coefficient (Wildman–Crippen LogP) is 4.51. The second kappa shape index (κ2) is 10.1. The minimum absolute atomic E-state index is 0.166. The Kier molecular flexibility index (Phi) is 7.70. The van der Waals surface area contributed by atoms with Gasteiger partial charge in [-0.3, -0.25) is 19.3 Å². The minimum Gasteiger partial charge on any atom is -0.466 e. The third-order valence-electron chi connectivity index (χ3n) is 4.94. The van der Waals surface area contributed by atoms with E-state index in [1.54, 1.807) is 16.7 Å². The van der Waals surface area contributed by atoms with Crippen molar-refractivity contribution in [3.05, 3.63) is 33.1 Å². The van der Waals surface area contributed by atoms with Crippen LogP contribution in [0.25, 0.3) is 5.57 Å². The summed E-state index contributed by atoms with van der Waals surface area (Å²) in [4.78, 5) is 41.2. The molecule has 2 aliphatic heterocycles. The summed E-state index contributed by atoms with van der Waals surface area (Å²) in [7, 11) is 0. The number of ether oxygens (including phenoxy) is 1. The first-order valence-electron chi connectivity index (χ1n) is 9.94. The van der Waals surface area contributed by atoms with Gasteiger partial charge in [0.25, 0.3) is 11.8 Å². The normalized spacial score (nSPS) is 18.4. The molecule has 0 saturated carbocycles. The molecule has 0 radical (unpaired) electrons. The van der Waals surface area contributed by atoms with Crippen LogP contribution in [-0.4, -0.2) is 46.7 Å². The number of fused-ring (bicyclic) bond motifs is 1. The maximum atomic E-state index is 13.1. The standard InChI is InChI=1S/C21H23BrN2O4S2/c1-3-23-15-10-9-13(22)12-14(15)17(19(23)26)18-20(27)24(21(29)30-18)11-7-5-6-8-16(25)28-4-2/h9-10,12H,3-8,11H2,1-2H3/b18-17-. The molecule has 0 N–H and O–H groups in total. The van der Waals surface area contributed by atoms with Crippen molar-refractivity contribution < 1.29 is 19.1 Å². The molecule has 1 saturated heterocycles. The first kappa shape index (κ1) is 23.0. The van der Waals surface area contributed by atoms with Crippen LogP contribution in [0, 0.1) is 0 Å². The Hall–Kier alpha value is -1.71. The van der Waals surface area contributed by atoms with Gasteiger partial charge in [0.05, 0.1) is 22.8 Å². The highest BCUT2D eigenvalue weighted by atomic mass is 79.9. The smallest absolute Gasteiger partial charge is 0.305 e. The lowest BCUT2D eigenvalue weighted by molar-refractivity contribution is -0.143. The fourth-order valence-corrected chi connectivity index (χ4v) is 5.27. The highest BCUT2D eigenvalue weighted by Crippen LogP contribution is 2.45. The second-order valence-electron chi connectivity index (χ2n) is 6.86. The zero-order chi connectivity index (χ0) is 21.8. The average Bonchev–Trinajstić information content (AvgIpc) is 3.13. The fourth-order valence-electron chi connectivity index (χ4n) is 3.53. The summed E-state index contributed by atoms with van der Waals surface area (Å²) in [5.41, 5.74) is 1.99. The van der Waals surface area contributed by atoms with Crippen molar-refractivity contribution in [1.82, 2.24) is 4.90 Å². The maximum Gasteiger partial charge on any atom is 0.305 e. The number of carbonyl (C=O) groups excluding carboxylic acids is 3. The summed E-state index contributed by atoms with van der Waals surface area (Å²) in [5, 5.41) is 0. The number of hydrogen-bond donors (Lipinski definition) is 0. The van der Waals surface area contributed by atoms with E-state index in [0.29, 0.717) is 47.3 Å². The number of esters is 1. The topological polar surface area (TPSA) is 66.9 Å². The summed E-state index contributed by atoms with van der Waals surface area (Å²) >= 11 is 10.1. The Labute approximate surface area is 194 Å². The van der Waals surface area contributed by atoms with Crippen molar-refractivity contribution in [2.45, 2.75) is 39.5 Å². The molecule has 30 heavy (non-hydrogen) atoms. The van der Waals surface area contributed by atoms with E-state index >= 15 is 0 Å². The van der Waals surface area contributed by atoms with Crippen LogP contribution in [0.2, 0.25) is 0 Å². The van der Waals surface area contributed by atoms with Crippen molar-refractivity contribution in [3.63, 3.8) is 0 Å². The van der Waals surface area contributed by atoms with Crippen molar-refractivity contribution in [2.75, 3.05) is 24.6 Å². The van der Waals surface area contributed by atoms with E-state index in [1.807, 2.05) is 25.1 Å². The van der Waals surface area contributed by atoms with E-state index in [9.17, 15) is 14.4 Å². The van der Waals surface area contributed by atoms with Crippen LogP contribution in [0.4, 0.5) is 5.69 Å². The Morgan fingerprint density at radius 3 is 2.60 bits per heavy atom. The Bertz CT molecular complexity index is 932. The summed E-state index contributed by atoms with van der Waals surface area (Å²) in [6, 6.07) is 5.65. The molecule has 6 nitrogen and oxygen atoms in total. The van der Waals surface area contributed by atoms with Crippen LogP contribution in [-0.2, 0) is 19.1 Å². The van der Waals surface area contributed by atoms with Crippen LogP contribution < -0.4 is 4.90 Å². The molecule has 2 heterocycles. The number of hydrogen-bond acceptors (Lipinski definition) is 6. The molecule has 0 bridgehead atoms. The summed E-state index contributed by atoms with van der Waals surface area (Å²) in [6.07, 6.45) is 2.61. The molecule has 160 valence electrons. The van der Waals surface area contributed by atoms with E-state index in [0.717, 1.165) is 28.6 Å². The molecule has 1 aromatic rings. The van der Waals surface area contributed by atoms with Crippen LogP contribution in [0.3, 0.4) is 0 Å². The van der Waals surface area contributed by atoms with Crippen LogP contribution in [0.5, 0.6) is 0 Å². The van der Waals surface area contributed by atoms with Gasteiger partial charge >= 0.3 is 5.97 Å². The quantitative estimate of drug-likeness (QED) is 0.222.